The molecule has 2 heterocycles. The summed E-state index contributed by atoms with van der Waals surface area (Å²) in [7, 11) is 1.33. The molecule has 1 amide bonds. The molecule has 0 saturated heterocycles. The summed E-state index contributed by atoms with van der Waals surface area (Å²) >= 11 is 1.37. The minimum Gasteiger partial charge on any atom is -0.465 e. The fraction of sp³-hybridized carbons (Fsp3) is 0.167. The molecule has 1 aliphatic rings. The van der Waals surface area contributed by atoms with Crippen molar-refractivity contribution in [3.05, 3.63) is 81.7 Å². The number of benzene rings is 2. The minimum absolute atomic E-state index is 0.218. The zero-order valence-corrected chi connectivity index (χ0v) is 18.0. The molecule has 3 aromatic rings. The highest BCUT2D eigenvalue weighted by atomic mass is 32.1. The van der Waals surface area contributed by atoms with Gasteiger partial charge in [0, 0.05) is 17.4 Å². The summed E-state index contributed by atoms with van der Waals surface area (Å²) in [4.78, 5) is 25.9. The molecule has 1 aromatic heterocycles. The summed E-state index contributed by atoms with van der Waals surface area (Å²) in [6.45, 7) is 2.08. The lowest BCUT2D eigenvalue weighted by Crippen LogP contribution is -2.11. The predicted molar refractivity (Wildman–Crippen MR) is 120 cm³/mol. The smallest absolute Gasteiger partial charge is 0.341 e. The van der Waals surface area contributed by atoms with Gasteiger partial charge in [-0.25, -0.2) is 4.79 Å². The second-order valence-corrected chi connectivity index (χ2v) is 8.05. The molecule has 31 heavy (non-hydrogen) atoms. The van der Waals surface area contributed by atoms with Gasteiger partial charge in [0.1, 0.15) is 5.00 Å². The number of fused-ring (bicyclic) bond motifs is 1. The first-order valence-corrected chi connectivity index (χ1v) is 10.5. The highest BCUT2D eigenvalue weighted by molar-refractivity contribution is 7.17. The van der Waals surface area contributed by atoms with Gasteiger partial charge in [0.15, 0.2) is 11.5 Å². The lowest BCUT2D eigenvalue weighted by Gasteiger charge is -2.04. The highest BCUT2D eigenvalue weighted by Gasteiger charge is 2.23. The molecule has 0 fully saturated rings. The maximum absolute atomic E-state index is 12.5. The summed E-state index contributed by atoms with van der Waals surface area (Å²) < 4.78 is 15.8. The molecule has 0 radical (unpaired) electrons. The van der Waals surface area contributed by atoms with Crippen LogP contribution in [0.4, 0.5) is 5.00 Å². The number of methoxy groups -OCH3 is 1. The van der Waals surface area contributed by atoms with Gasteiger partial charge in [-0.15, -0.1) is 11.3 Å². The number of thiophene rings is 1. The van der Waals surface area contributed by atoms with Crippen LogP contribution in [0, 0.1) is 6.92 Å². The van der Waals surface area contributed by atoms with Crippen molar-refractivity contribution in [1.82, 2.24) is 0 Å². The van der Waals surface area contributed by atoms with E-state index in [1.54, 1.807) is 6.08 Å². The monoisotopic (exact) mass is 435 g/mol. The average molecular weight is 436 g/mol. The van der Waals surface area contributed by atoms with Crippen molar-refractivity contribution in [3.63, 3.8) is 0 Å². The van der Waals surface area contributed by atoms with E-state index in [4.69, 9.17) is 14.2 Å². The van der Waals surface area contributed by atoms with Gasteiger partial charge >= 0.3 is 5.97 Å². The zero-order valence-electron chi connectivity index (χ0n) is 17.1. The molecule has 7 heteroatoms. The summed E-state index contributed by atoms with van der Waals surface area (Å²) in [6.07, 6.45) is 3.76. The van der Waals surface area contributed by atoms with Crippen molar-refractivity contribution >= 4 is 34.3 Å². The molecule has 0 aliphatic carbocycles. The lowest BCUT2D eigenvalue weighted by molar-refractivity contribution is -0.111. The van der Waals surface area contributed by atoms with Crippen LogP contribution in [0.1, 0.15) is 31.9 Å². The Kier molecular flexibility index (Phi) is 6.04. The molecule has 4 rings (SSSR count). The number of hydrogen-bond acceptors (Lipinski definition) is 6. The van der Waals surface area contributed by atoms with Gasteiger partial charge in [-0.3, -0.25) is 4.79 Å². The molecule has 1 aliphatic heterocycles. The maximum Gasteiger partial charge on any atom is 0.341 e. The van der Waals surface area contributed by atoms with Gasteiger partial charge in [-0.1, -0.05) is 36.4 Å². The Balaban J connectivity index is 1.57. The Labute approximate surface area is 184 Å². The number of anilines is 1. The Morgan fingerprint density at radius 1 is 1.13 bits per heavy atom. The number of ether oxygens (including phenoxy) is 3. The molecule has 0 unspecified atom stereocenters. The van der Waals surface area contributed by atoms with E-state index in [0.29, 0.717) is 22.7 Å². The number of carbonyl (C=O) groups excluding carboxylic acids is 2. The van der Waals surface area contributed by atoms with Crippen LogP contribution in [0.25, 0.3) is 6.08 Å². The Morgan fingerprint density at radius 2 is 1.90 bits per heavy atom. The van der Waals surface area contributed by atoms with E-state index in [-0.39, 0.29) is 12.7 Å². The molecule has 0 atom stereocenters. The summed E-state index contributed by atoms with van der Waals surface area (Å²) in [5, 5.41) is 3.31. The van der Waals surface area contributed by atoms with E-state index >= 15 is 0 Å². The zero-order chi connectivity index (χ0) is 21.8. The molecule has 1 N–H and O–H groups in total. The molecular formula is C24H21NO5S. The van der Waals surface area contributed by atoms with Crippen LogP contribution in [-0.2, 0) is 16.0 Å². The van der Waals surface area contributed by atoms with Gasteiger partial charge in [-0.05, 0) is 41.8 Å². The summed E-state index contributed by atoms with van der Waals surface area (Å²) in [5.74, 6) is 0.637. The third-order valence-electron chi connectivity index (χ3n) is 4.90. The van der Waals surface area contributed by atoms with Gasteiger partial charge in [0.05, 0.1) is 12.7 Å². The van der Waals surface area contributed by atoms with E-state index < -0.39 is 5.97 Å². The van der Waals surface area contributed by atoms with Crippen LogP contribution in [0.2, 0.25) is 0 Å². The van der Waals surface area contributed by atoms with Crippen molar-refractivity contribution in [3.8, 4) is 11.5 Å². The number of hydrogen-bond donors (Lipinski definition) is 1. The number of rotatable bonds is 6. The van der Waals surface area contributed by atoms with E-state index in [1.807, 2.05) is 55.5 Å². The Hall–Kier alpha value is -3.58. The van der Waals surface area contributed by atoms with Gasteiger partial charge in [-0.2, -0.15) is 0 Å². The van der Waals surface area contributed by atoms with Crippen molar-refractivity contribution < 1.29 is 23.8 Å². The molecule has 158 valence electrons. The molecule has 6 nitrogen and oxygen atoms in total. The summed E-state index contributed by atoms with van der Waals surface area (Å²) in [5.41, 5.74) is 3.10. The number of carbonyl (C=O) groups is 2. The van der Waals surface area contributed by atoms with Gasteiger partial charge in [0.2, 0.25) is 12.7 Å². The Morgan fingerprint density at radius 3 is 2.68 bits per heavy atom. The van der Waals surface area contributed by atoms with Gasteiger partial charge < -0.3 is 19.5 Å². The Bertz CT molecular complexity index is 1150. The van der Waals surface area contributed by atoms with Crippen LogP contribution in [0.3, 0.4) is 0 Å². The number of esters is 1. The van der Waals surface area contributed by atoms with Crippen LogP contribution in [0.15, 0.2) is 54.6 Å². The third kappa shape index (κ3) is 4.62. The van der Waals surface area contributed by atoms with Gasteiger partial charge in [0.25, 0.3) is 0 Å². The van der Waals surface area contributed by atoms with E-state index in [1.165, 1.54) is 24.5 Å². The van der Waals surface area contributed by atoms with Crippen molar-refractivity contribution in [2.45, 2.75) is 13.3 Å². The quantitative estimate of drug-likeness (QED) is 0.444. The fourth-order valence-electron chi connectivity index (χ4n) is 3.29. The van der Waals surface area contributed by atoms with Crippen LogP contribution in [-0.4, -0.2) is 25.8 Å². The van der Waals surface area contributed by atoms with E-state index in [9.17, 15) is 9.59 Å². The van der Waals surface area contributed by atoms with Crippen LogP contribution < -0.4 is 14.8 Å². The predicted octanol–water partition coefficient (Wildman–Crippen LogP) is 4.81. The first-order chi connectivity index (χ1) is 15.0. The standard InChI is InChI=1S/C24H21NO5S/c1-15-20(13-17-8-10-18-19(12-17)30-14-29-18)31-23(22(15)24(27)28-2)25-21(26)11-9-16-6-4-3-5-7-16/h3-12H,13-14H2,1-2H3,(H,25,26). The third-order valence-corrected chi connectivity index (χ3v) is 6.11. The number of amides is 1. The second kappa shape index (κ2) is 9.06. The molecule has 0 bridgehead atoms. The molecular weight excluding hydrogens is 414 g/mol. The maximum atomic E-state index is 12.5. The topological polar surface area (TPSA) is 73.9 Å². The SMILES string of the molecule is COC(=O)c1c(NC(=O)C=Cc2ccccc2)sc(Cc2ccc3c(c2)OCO3)c1C. The first kappa shape index (κ1) is 20.7. The largest absolute Gasteiger partial charge is 0.465 e. The van der Waals surface area contributed by atoms with Crippen molar-refractivity contribution in [2.24, 2.45) is 0 Å². The van der Waals surface area contributed by atoms with Crippen LogP contribution >= 0.6 is 11.3 Å². The highest BCUT2D eigenvalue weighted by Crippen LogP contribution is 2.37. The molecule has 0 saturated carbocycles. The fourth-order valence-corrected chi connectivity index (χ4v) is 4.52. The molecule has 0 spiro atoms. The normalized spacial score (nSPS) is 12.2. The minimum atomic E-state index is -0.479. The lowest BCUT2D eigenvalue weighted by atomic mass is 10.1. The van der Waals surface area contributed by atoms with E-state index in [2.05, 4.69) is 5.32 Å². The summed E-state index contributed by atoms with van der Waals surface area (Å²) in [6, 6.07) is 15.3. The second-order valence-electron chi connectivity index (χ2n) is 6.94. The van der Waals surface area contributed by atoms with Crippen molar-refractivity contribution in [2.75, 3.05) is 19.2 Å². The first-order valence-electron chi connectivity index (χ1n) is 9.68. The van der Waals surface area contributed by atoms with Crippen LogP contribution in [0.5, 0.6) is 11.5 Å². The molecule has 2 aromatic carbocycles. The van der Waals surface area contributed by atoms with E-state index in [0.717, 1.165) is 27.3 Å². The van der Waals surface area contributed by atoms with Crippen molar-refractivity contribution in [1.29, 1.82) is 0 Å². The number of nitrogens with one attached hydrogen (secondary N) is 1. The average Bonchev–Trinajstić information content (AvgIpc) is 3.36.